The van der Waals surface area contributed by atoms with Gasteiger partial charge >= 0.3 is 0 Å². The van der Waals surface area contributed by atoms with E-state index in [4.69, 9.17) is 4.74 Å². The molecule has 20 heavy (non-hydrogen) atoms. The van der Waals surface area contributed by atoms with Gasteiger partial charge in [0, 0.05) is 30.9 Å². The van der Waals surface area contributed by atoms with Crippen LogP contribution in [0.15, 0.2) is 18.3 Å². The predicted molar refractivity (Wildman–Crippen MR) is 81.9 cm³/mol. The highest BCUT2D eigenvalue weighted by Gasteiger charge is 2.23. The quantitative estimate of drug-likeness (QED) is 0.866. The maximum Gasteiger partial charge on any atom is 0.217 e. The van der Waals surface area contributed by atoms with Gasteiger partial charge in [-0.05, 0) is 44.8 Å². The monoisotopic (exact) mass is 277 g/mol. The highest BCUT2D eigenvalue weighted by molar-refractivity contribution is 5.25. The second-order valence-electron chi connectivity index (χ2n) is 5.64. The van der Waals surface area contributed by atoms with Crippen molar-refractivity contribution in [1.82, 2.24) is 15.2 Å². The smallest absolute Gasteiger partial charge is 0.217 e. The molecular weight excluding hydrogens is 250 g/mol. The lowest BCUT2D eigenvalue weighted by Crippen LogP contribution is -2.44. The van der Waals surface area contributed by atoms with E-state index in [0.717, 1.165) is 23.9 Å². The summed E-state index contributed by atoms with van der Waals surface area (Å²) in [6, 6.07) is 4.56. The van der Waals surface area contributed by atoms with E-state index < -0.39 is 0 Å². The summed E-state index contributed by atoms with van der Waals surface area (Å²) >= 11 is 0. The van der Waals surface area contributed by atoms with Crippen LogP contribution in [0.3, 0.4) is 0 Å². The van der Waals surface area contributed by atoms with Crippen LogP contribution < -0.4 is 10.1 Å². The fourth-order valence-electron chi connectivity index (χ4n) is 2.97. The molecule has 1 saturated heterocycles. The molecule has 0 amide bonds. The first-order chi connectivity index (χ1) is 9.74. The maximum absolute atomic E-state index is 5.30. The second kappa shape index (κ2) is 7.60. The lowest BCUT2D eigenvalue weighted by molar-refractivity contribution is 0.156. The molecule has 1 fully saturated rings. The lowest BCUT2D eigenvalue weighted by atomic mass is 9.91. The van der Waals surface area contributed by atoms with Crippen LogP contribution in [-0.2, 0) is 6.54 Å². The molecule has 112 valence electrons. The van der Waals surface area contributed by atoms with Crippen LogP contribution in [0.5, 0.6) is 5.88 Å². The molecule has 1 aromatic rings. The zero-order valence-electron chi connectivity index (χ0n) is 12.9. The van der Waals surface area contributed by atoms with Gasteiger partial charge < -0.3 is 15.0 Å². The zero-order chi connectivity index (χ0) is 14.4. The van der Waals surface area contributed by atoms with E-state index in [1.807, 2.05) is 6.07 Å². The van der Waals surface area contributed by atoms with Gasteiger partial charge in [-0.25, -0.2) is 4.98 Å². The van der Waals surface area contributed by atoms with Crippen LogP contribution in [0.2, 0.25) is 0 Å². The third-order valence-electron chi connectivity index (χ3n) is 4.35. The van der Waals surface area contributed by atoms with Crippen LogP contribution >= 0.6 is 0 Å². The van der Waals surface area contributed by atoms with Crippen LogP contribution in [-0.4, -0.2) is 42.7 Å². The molecule has 1 aliphatic rings. The number of aromatic nitrogens is 1. The minimum absolute atomic E-state index is 0.522. The summed E-state index contributed by atoms with van der Waals surface area (Å²) in [6.45, 7) is 9.01. The number of piperidine rings is 1. The summed E-state index contributed by atoms with van der Waals surface area (Å²) in [5, 5.41) is 3.64. The number of ether oxygens (including phenoxy) is 1. The fraction of sp³-hybridized carbons (Fsp3) is 0.688. The summed E-state index contributed by atoms with van der Waals surface area (Å²) in [5.74, 6) is 1.47. The molecule has 0 bridgehead atoms. The Bertz CT molecular complexity index is 410. The molecule has 2 heterocycles. The molecule has 1 aromatic heterocycles. The van der Waals surface area contributed by atoms with Crippen molar-refractivity contribution in [2.24, 2.45) is 5.92 Å². The summed E-state index contributed by atoms with van der Waals surface area (Å²) in [4.78, 5) is 6.80. The zero-order valence-corrected chi connectivity index (χ0v) is 12.9. The first kappa shape index (κ1) is 15.3. The summed E-state index contributed by atoms with van der Waals surface area (Å²) in [7, 11) is 1.68. The number of methoxy groups -OCH3 is 1. The Morgan fingerprint density at radius 3 is 3.15 bits per heavy atom. The number of hydrogen-bond acceptors (Lipinski definition) is 4. The van der Waals surface area contributed by atoms with Crippen molar-refractivity contribution in [1.29, 1.82) is 0 Å². The normalized spacial score (nSPS) is 21.6. The van der Waals surface area contributed by atoms with Gasteiger partial charge in [0.1, 0.15) is 0 Å². The van der Waals surface area contributed by atoms with E-state index in [-0.39, 0.29) is 0 Å². The number of rotatable bonds is 6. The summed E-state index contributed by atoms with van der Waals surface area (Å²) in [6.07, 6.45) is 4.42. The van der Waals surface area contributed by atoms with Crippen LogP contribution in [0, 0.1) is 5.92 Å². The Labute approximate surface area is 122 Å². The maximum atomic E-state index is 5.30. The average molecular weight is 277 g/mol. The van der Waals surface area contributed by atoms with E-state index in [0.29, 0.717) is 6.04 Å². The SMILES string of the molecule is CCN1CCCC(C(C)NCc2cccnc2OC)C1. The van der Waals surface area contributed by atoms with Gasteiger partial charge in [-0.1, -0.05) is 13.0 Å². The molecule has 2 unspecified atom stereocenters. The number of nitrogens with zero attached hydrogens (tertiary/aromatic N) is 2. The van der Waals surface area contributed by atoms with Gasteiger partial charge in [0.05, 0.1) is 7.11 Å². The molecule has 0 spiro atoms. The van der Waals surface area contributed by atoms with Gasteiger partial charge in [0.2, 0.25) is 5.88 Å². The third-order valence-corrected chi connectivity index (χ3v) is 4.35. The van der Waals surface area contributed by atoms with Gasteiger partial charge in [0.15, 0.2) is 0 Å². The molecular formula is C16H27N3O. The molecule has 0 aromatic carbocycles. The second-order valence-corrected chi connectivity index (χ2v) is 5.64. The van der Waals surface area contributed by atoms with E-state index in [1.54, 1.807) is 13.3 Å². The molecule has 0 saturated carbocycles. The largest absolute Gasteiger partial charge is 0.481 e. The Hall–Kier alpha value is -1.13. The minimum Gasteiger partial charge on any atom is -0.481 e. The van der Waals surface area contributed by atoms with E-state index >= 15 is 0 Å². The number of likely N-dealkylation sites (tertiary alicyclic amines) is 1. The minimum atomic E-state index is 0.522. The summed E-state index contributed by atoms with van der Waals surface area (Å²) in [5.41, 5.74) is 1.13. The first-order valence-corrected chi connectivity index (χ1v) is 7.68. The number of hydrogen-bond donors (Lipinski definition) is 1. The molecule has 0 aliphatic carbocycles. The van der Waals surface area contributed by atoms with Crippen LogP contribution in [0.1, 0.15) is 32.3 Å². The van der Waals surface area contributed by atoms with Gasteiger partial charge in [-0.3, -0.25) is 0 Å². The topological polar surface area (TPSA) is 37.4 Å². The lowest BCUT2D eigenvalue weighted by Gasteiger charge is -2.35. The third kappa shape index (κ3) is 3.93. The molecule has 1 aliphatic heterocycles. The van der Waals surface area contributed by atoms with Crippen molar-refractivity contribution in [3.8, 4) is 5.88 Å². The molecule has 4 heteroatoms. The number of nitrogens with one attached hydrogen (secondary N) is 1. The van der Waals surface area contributed by atoms with Crippen molar-refractivity contribution in [3.63, 3.8) is 0 Å². The fourth-order valence-corrected chi connectivity index (χ4v) is 2.97. The van der Waals surface area contributed by atoms with E-state index in [2.05, 4.69) is 35.1 Å². The molecule has 0 radical (unpaired) electrons. The molecule has 2 rings (SSSR count). The predicted octanol–water partition coefficient (Wildman–Crippen LogP) is 2.30. The summed E-state index contributed by atoms with van der Waals surface area (Å²) < 4.78 is 5.30. The first-order valence-electron chi connectivity index (χ1n) is 7.68. The Kier molecular flexibility index (Phi) is 5.80. The van der Waals surface area contributed by atoms with Crippen LogP contribution in [0.25, 0.3) is 0 Å². The van der Waals surface area contributed by atoms with Gasteiger partial charge in [0.25, 0.3) is 0 Å². The van der Waals surface area contributed by atoms with Crippen molar-refractivity contribution >= 4 is 0 Å². The molecule has 2 atom stereocenters. The standard InChI is InChI=1S/C16H27N3O/c1-4-19-10-6-8-15(12-19)13(2)18-11-14-7-5-9-17-16(14)20-3/h5,7,9,13,15,18H,4,6,8,10-12H2,1-3H3. The Balaban J connectivity index is 1.86. The highest BCUT2D eigenvalue weighted by atomic mass is 16.5. The number of pyridine rings is 1. The molecule has 1 N–H and O–H groups in total. The van der Waals surface area contributed by atoms with E-state index in [9.17, 15) is 0 Å². The van der Waals surface area contributed by atoms with Crippen molar-refractivity contribution in [2.75, 3.05) is 26.7 Å². The van der Waals surface area contributed by atoms with Crippen molar-refractivity contribution < 1.29 is 4.74 Å². The average Bonchev–Trinajstić information content (AvgIpc) is 2.52. The Morgan fingerprint density at radius 1 is 1.55 bits per heavy atom. The highest BCUT2D eigenvalue weighted by Crippen LogP contribution is 2.20. The van der Waals surface area contributed by atoms with Crippen molar-refractivity contribution in [3.05, 3.63) is 23.9 Å². The Morgan fingerprint density at radius 2 is 2.40 bits per heavy atom. The van der Waals surface area contributed by atoms with E-state index in [1.165, 1.54) is 32.5 Å². The van der Waals surface area contributed by atoms with Crippen molar-refractivity contribution in [2.45, 2.75) is 39.3 Å². The van der Waals surface area contributed by atoms with Gasteiger partial charge in [-0.15, -0.1) is 0 Å². The van der Waals surface area contributed by atoms with Crippen LogP contribution in [0.4, 0.5) is 0 Å². The van der Waals surface area contributed by atoms with Gasteiger partial charge in [-0.2, -0.15) is 0 Å². The molecule has 4 nitrogen and oxygen atoms in total.